The quantitative estimate of drug-likeness (QED) is 0.650. The van der Waals surface area contributed by atoms with Gasteiger partial charge in [0.05, 0.1) is 0 Å². The van der Waals surface area contributed by atoms with Crippen molar-refractivity contribution in [1.82, 2.24) is 5.43 Å². The molecule has 110 valence electrons. The van der Waals surface area contributed by atoms with Crippen LogP contribution in [0.2, 0.25) is 0 Å². The van der Waals surface area contributed by atoms with Gasteiger partial charge in [0.1, 0.15) is 0 Å². The lowest BCUT2D eigenvalue weighted by molar-refractivity contribution is 0.421. The van der Waals surface area contributed by atoms with Crippen molar-refractivity contribution in [2.24, 2.45) is 5.84 Å². The van der Waals surface area contributed by atoms with Crippen LogP contribution < -0.4 is 11.3 Å². The fourth-order valence-electron chi connectivity index (χ4n) is 3.34. The molecular weight excluding hydrogens is 256 g/mol. The Bertz CT molecular complexity index is 633. The molecule has 21 heavy (non-hydrogen) atoms. The number of benzene rings is 2. The monoisotopic (exact) mass is 280 g/mol. The van der Waals surface area contributed by atoms with Crippen molar-refractivity contribution < 1.29 is 0 Å². The van der Waals surface area contributed by atoms with Crippen LogP contribution in [0.4, 0.5) is 0 Å². The van der Waals surface area contributed by atoms with Crippen LogP contribution in [0.5, 0.6) is 0 Å². The van der Waals surface area contributed by atoms with Crippen LogP contribution in [0.25, 0.3) is 0 Å². The van der Waals surface area contributed by atoms with Gasteiger partial charge in [-0.3, -0.25) is 11.3 Å². The maximum atomic E-state index is 5.79. The van der Waals surface area contributed by atoms with Crippen molar-refractivity contribution in [3.63, 3.8) is 0 Å². The molecule has 0 radical (unpaired) electrons. The summed E-state index contributed by atoms with van der Waals surface area (Å²) in [6.07, 6.45) is 3.30. The number of rotatable bonds is 5. The first-order valence-electron chi connectivity index (χ1n) is 7.77. The molecule has 0 aliphatic heterocycles. The zero-order chi connectivity index (χ0) is 14.8. The Morgan fingerprint density at radius 3 is 2.67 bits per heavy atom. The van der Waals surface area contributed by atoms with E-state index >= 15 is 0 Å². The molecule has 0 saturated carbocycles. The number of hydrogen-bond donors (Lipinski definition) is 2. The Balaban J connectivity index is 1.65. The zero-order valence-electron chi connectivity index (χ0n) is 12.9. The van der Waals surface area contributed by atoms with Crippen molar-refractivity contribution in [2.75, 3.05) is 0 Å². The molecular formula is C19H24N2. The summed E-state index contributed by atoms with van der Waals surface area (Å²) in [6, 6.07) is 15.8. The van der Waals surface area contributed by atoms with Gasteiger partial charge in [0.25, 0.3) is 0 Å². The SMILES string of the molecule is Cc1ccc(CC(CC2Cc3ccccc32)NN)cc1C. The van der Waals surface area contributed by atoms with Crippen molar-refractivity contribution >= 4 is 0 Å². The maximum absolute atomic E-state index is 5.79. The van der Waals surface area contributed by atoms with E-state index in [4.69, 9.17) is 5.84 Å². The number of hydrogen-bond acceptors (Lipinski definition) is 2. The predicted molar refractivity (Wildman–Crippen MR) is 88.2 cm³/mol. The van der Waals surface area contributed by atoms with Crippen LogP contribution >= 0.6 is 0 Å². The van der Waals surface area contributed by atoms with Gasteiger partial charge >= 0.3 is 0 Å². The minimum atomic E-state index is 0.338. The molecule has 2 heteroatoms. The first kappa shape index (κ1) is 14.3. The molecule has 0 spiro atoms. The molecule has 1 aliphatic carbocycles. The van der Waals surface area contributed by atoms with E-state index in [1.165, 1.54) is 34.2 Å². The van der Waals surface area contributed by atoms with Crippen LogP contribution in [0.3, 0.4) is 0 Å². The highest BCUT2D eigenvalue weighted by molar-refractivity contribution is 5.40. The molecule has 0 saturated heterocycles. The van der Waals surface area contributed by atoms with Crippen LogP contribution in [0.1, 0.15) is 40.2 Å². The predicted octanol–water partition coefficient (Wildman–Crippen LogP) is 3.41. The highest BCUT2D eigenvalue weighted by Gasteiger charge is 2.27. The van der Waals surface area contributed by atoms with Gasteiger partial charge in [-0.2, -0.15) is 0 Å². The molecule has 3 N–H and O–H groups in total. The molecule has 0 aromatic heterocycles. The Kier molecular flexibility index (Phi) is 4.09. The number of fused-ring (bicyclic) bond motifs is 1. The van der Waals surface area contributed by atoms with Crippen LogP contribution in [0, 0.1) is 13.8 Å². The summed E-state index contributed by atoms with van der Waals surface area (Å²) in [6.45, 7) is 4.33. The van der Waals surface area contributed by atoms with Gasteiger partial charge in [-0.15, -0.1) is 0 Å². The maximum Gasteiger partial charge on any atom is 0.0256 e. The molecule has 2 aromatic carbocycles. The Morgan fingerprint density at radius 1 is 1.14 bits per heavy atom. The first-order valence-corrected chi connectivity index (χ1v) is 7.77. The fraction of sp³-hybridized carbons (Fsp3) is 0.368. The normalized spacial score (nSPS) is 18.0. The highest BCUT2D eigenvalue weighted by Crippen LogP contribution is 2.38. The van der Waals surface area contributed by atoms with E-state index in [2.05, 4.69) is 61.7 Å². The third-order valence-corrected chi connectivity index (χ3v) is 4.82. The van der Waals surface area contributed by atoms with Crippen molar-refractivity contribution in [1.29, 1.82) is 0 Å². The van der Waals surface area contributed by atoms with Gasteiger partial charge < -0.3 is 0 Å². The highest BCUT2D eigenvalue weighted by atomic mass is 15.2. The van der Waals surface area contributed by atoms with Crippen LogP contribution in [-0.4, -0.2) is 6.04 Å². The molecule has 0 fully saturated rings. The van der Waals surface area contributed by atoms with Crippen molar-refractivity contribution in [2.45, 2.75) is 45.1 Å². The molecule has 2 nitrogen and oxygen atoms in total. The number of aryl methyl sites for hydroxylation is 2. The molecule has 2 atom stereocenters. The summed E-state index contributed by atoms with van der Waals surface area (Å²) in [5.41, 5.74) is 10.1. The van der Waals surface area contributed by atoms with E-state index < -0.39 is 0 Å². The summed E-state index contributed by atoms with van der Waals surface area (Å²) in [5, 5.41) is 0. The second-order valence-corrected chi connectivity index (χ2v) is 6.32. The van der Waals surface area contributed by atoms with E-state index in [-0.39, 0.29) is 0 Å². The minimum Gasteiger partial charge on any atom is -0.271 e. The second kappa shape index (κ2) is 6.00. The van der Waals surface area contributed by atoms with Crippen LogP contribution in [0.15, 0.2) is 42.5 Å². The van der Waals surface area contributed by atoms with Gasteiger partial charge in [-0.25, -0.2) is 0 Å². The largest absolute Gasteiger partial charge is 0.271 e. The topological polar surface area (TPSA) is 38.0 Å². The van der Waals surface area contributed by atoms with E-state index in [0.29, 0.717) is 12.0 Å². The molecule has 0 bridgehead atoms. The van der Waals surface area contributed by atoms with Crippen molar-refractivity contribution in [3.05, 3.63) is 70.3 Å². The lowest BCUT2D eigenvalue weighted by atomic mass is 9.74. The average molecular weight is 280 g/mol. The van der Waals surface area contributed by atoms with Gasteiger partial charge in [0.2, 0.25) is 0 Å². The summed E-state index contributed by atoms with van der Waals surface area (Å²) in [7, 11) is 0. The second-order valence-electron chi connectivity index (χ2n) is 6.32. The van der Waals surface area contributed by atoms with Gasteiger partial charge in [-0.05, 0) is 66.8 Å². The standard InChI is InChI=1S/C19H24N2/c1-13-7-8-15(9-14(13)2)10-18(21-20)12-17-11-16-5-3-4-6-19(16)17/h3-9,17-18,21H,10-12,20H2,1-2H3. The average Bonchev–Trinajstić information content (AvgIpc) is 2.47. The van der Waals surface area contributed by atoms with Gasteiger partial charge in [0.15, 0.2) is 0 Å². The van der Waals surface area contributed by atoms with Gasteiger partial charge in [-0.1, -0.05) is 42.5 Å². The van der Waals surface area contributed by atoms with E-state index in [1.54, 1.807) is 0 Å². The van der Waals surface area contributed by atoms with E-state index in [0.717, 1.165) is 12.8 Å². The fourth-order valence-corrected chi connectivity index (χ4v) is 3.34. The molecule has 0 heterocycles. The number of nitrogens with one attached hydrogen (secondary N) is 1. The summed E-state index contributed by atoms with van der Waals surface area (Å²) in [4.78, 5) is 0. The molecule has 0 amide bonds. The summed E-state index contributed by atoms with van der Waals surface area (Å²) < 4.78 is 0. The van der Waals surface area contributed by atoms with E-state index in [9.17, 15) is 0 Å². The summed E-state index contributed by atoms with van der Waals surface area (Å²) >= 11 is 0. The zero-order valence-corrected chi connectivity index (χ0v) is 12.9. The minimum absolute atomic E-state index is 0.338. The van der Waals surface area contributed by atoms with Gasteiger partial charge in [0, 0.05) is 6.04 Å². The Morgan fingerprint density at radius 2 is 1.95 bits per heavy atom. The lowest BCUT2D eigenvalue weighted by Crippen LogP contribution is -2.39. The Hall–Kier alpha value is -1.64. The number of nitrogens with two attached hydrogens (primary N) is 1. The Labute approximate surface area is 127 Å². The van der Waals surface area contributed by atoms with E-state index in [1.807, 2.05) is 0 Å². The number of hydrazine groups is 1. The third-order valence-electron chi connectivity index (χ3n) is 4.82. The molecule has 2 aromatic rings. The molecule has 2 unspecified atom stereocenters. The smallest absolute Gasteiger partial charge is 0.0256 e. The lowest BCUT2D eigenvalue weighted by Gasteiger charge is -2.33. The first-order chi connectivity index (χ1) is 10.2. The molecule has 3 rings (SSSR count). The molecule has 1 aliphatic rings. The summed E-state index contributed by atoms with van der Waals surface area (Å²) in [5.74, 6) is 6.45. The third kappa shape index (κ3) is 3.02. The van der Waals surface area contributed by atoms with Crippen molar-refractivity contribution in [3.8, 4) is 0 Å². The van der Waals surface area contributed by atoms with Crippen LogP contribution in [-0.2, 0) is 12.8 Å².